The first-order valence-corrected chi connectivity index (χ1v) is 4.42. The molecule has 13 heavy (non-hydrogen) atoms. The van der Waals surface area contributed by atoms with Gasteiger partial charge in [-0.2, -0.15) is 5.10 Å². The topological polar surface area (TPSA) is 47.0 Å². The first kappa shape index (κ1) is 8.44. The van der Waals surface area contributed by atoms with Crippen LogP contribution in [0.3, 0.4) is 0 Å². The maximum Gasteiger partial charge on any atom is 0.149 e. The normalized spacial score (nSPS) is 27.5. The smallest absolute Gasteiger partial charge is 0.149 e. The Morgan fingerprint density at radius 1 is 1.62 bits per heavy atom. The van der Waals surface area contributed by atoms with Gasteiger partial charge < -0.3 is 10.1 Å². The molecule has 4 nitrogen and oxygen atoms in total. The second kappa shape index (κ2) is 3.30. The van der Waals surface area contributed by atoms with Crippen LogP contribution in [-0.4, -0.2) is 29.0 Å². The monoisotopic (exact) mass is 179 g/mol. The molecule has 0 amide bonds. The summed E-state index contributed by atoms with van der Waals surface area (Å²) < 4.78 is 5.32. The number of aromatic nitrogens is 2. The molecule has 1 aliphatic rings. The van der Waals surface area contributed by atoms with Gasteiger partial charge in [-0.3, -0.25) is 0 Å². The Bertz CT molecular complexity index is 269. The van der Waals surface area contributed by atoms with Crippen molar-refractivity contribution in [3.8, 4) is 0 Å². The van der Waals surface area contributed by atoms with E-state index in [0.717, 1.165) is 25.5 Å². The molecule has 1 aromatic rings. The molecule has 0 radical (unpaired) electrons. The summed E-state index contributed by atoms with van der Waals surface area (Å²) in [5.41, 5.74) is 0.0238. The van der Waals surface area contributed by atoms with Gasteiger partial charge in [0.15, 0.2) is 0 Å². The molecule has 1 N–H and O–H groups in total. The molecule has 0 bridgehead atoms. The van der Waals surface area contributed by atoms with Gasteiger partial charge in [-0.05, 0) is 25.5 Å². The lowest BCUT2D eigenvalue weighted by molar-refractivity contribution is 0.185. The number of ether oxygens (including phenoxy) is 1. The number of hydrogen-bond donors (Lipinski definition) is 1. The minimum atomic E-state index is 0.0238. The van der Waals surface area contributed by atoms with Crippen LogP contribution < -0.4 is 5.32 Å². The van der Waals surface area contributed by atoms with E-state index in [0.29, 0.717) is 0 Å². The molecule has 2 heterocycles. The third-order valence-electron chi connectivity index (χ3n) is 2.22. The lowest BCUT2D eigenvalue weighted by atomic mass is 10.0. The molecular formula is C9H13N3O. The first-order chi connectivity index (χ1) is 6.29. The van der Waals surface area contributed by atoms with Crippen LogP contribution in [0.15, 0.2) is 18.3 Å². The van der Waals surface area contributed by atoms with Crippen molar-refractivity contribution in [1.29, 1.82) is 0 Å². The fourth-order valence-electron chi connectivity index (χ4n) is 1.44. The van der Waals surface area contributed by atoms with E-state index in [9.17, 15) is 0 Å². The van der Waals surface area contributed by atoms with E-state index in [1.165, 1.54) is 0 Å². The van der Waals surface area contributed by atoms with Crippen LogP contribution in [0, 0.1) is 0 Å². The van der Waals surface area contributed by atoms with Gasteiger partial charge >= 0.3 is 0 Å². The number of rotatable bonds is 2. The van der Waals surface area contributed by atoms with Crippen molar-refractivity contribution < 1.29 is 4.74 Å². The van der Waals surface area contributed by atoms with Crippen LogP contribution in [0.25, 0.3) is 0 Å². The third-order valence-corrected chi connectivity index (χ3v) is 2.22. The highest BCUT2D eigenvalue weighted by Crippen LogP contribution is 2.21. The Hall–Kier alpha value is -1.16. The number of anilines is 1. The van der Waals surface area contributed by atoms with Crippen LogP contribution in [-0.2, 0) is 4.74 Å². The van der Waals surface area contributed by atoms with E-state index in [1.807, 2.05) is 12.1 Å². The van der Waals surface area contributed by atoms with E-state index in [-0.39, 0.29) is 5.54 Å². The zero-order valence-corrected chi connectivity index (χ0v) is 7.66. The second-order valence-electron chi connectivity index (χ2n) is 3.60. The lowest BCUT2D eigenvalue weighted by Crippen LogP contribution is -2.35. The maximum absolute atomic E-state index is 5.32. The predicted molar refractivity (Wildman–Crippen MR) is 49.5 cm³/mol. The van der Waals surface area contributed by atoms with E-state index in [1.54, 1.807) is 6.20 Å². The van der Waals surface area contributed by atoms with Crippen molar-refractivity contribution in [3.05, 3.63) is 18.3 Å². The molecule has 1 saturated heterocycles. The fourth-order valence-corrected chi connectivity index (χ4v) is 1.44. The predicted octanol–water partition coefficient (Wildman–Crippen LogP) is 1.07. The largest absolute Gasteiger partial charge is 0.379 e. The van der Waals surface area contributed by atoms with Crippen molar-refractivity contribution in [2.24, 2.45) is 0 Å². The Balaban J connectivity index is 2.05. The SMILES string of the molecule is CC1(Nc2cccnn2)CCOC1. The molecule has 0 aliphatic carbocycles. The number of hydrogen-bond acceptors (Lipinski definition) is 4. The first-order valence-electron chi connectivity index (χ1n) is 4.42. The summed E-state index contributed by atoms with van der Waals surface area (Å²) in [6, 6.07) is 3.78. The van der Waals surface area contributed by atoms with Crippen LogP contribution in [0.5, 0.6) is 0 Å². The molecule has 1 aliphatic heterocycles. The summed E-state index contributed by atoms with van der Waals surface area (Å²) in [5, 5.41) is 11.1. The van der Waals surface area contributed by atoms with Gasteiger partial charge in [0.2, 0.25) is 0 Å². The van der Waals surface area contributed by atoms with Gasteiger partial charge in [-0.1, -0.05) is 0 Å². The molecular weight excluding hydrogens is 166 g/mol. The van der Waals surface area contributed by atoms with Crippen molar-refractivity contribution in [2.75, 3.05) is 18.5 Å². The fraction of sp³-hybridized carbons (Fsp3) is 0.556. The van der Waals surface area contributed by atoms with Crippen LogP contribution in [0.2, 0.25) is 0 Å². The van der Waals surface area contributed by atoms with Crippen LogP contribution >= 0.6 is 0 Å². The minimum absolute atomic E-state index is 0.0238. The molecule has 1 atom stereocenters. The molecule has 70 valence electrons. The van der Waals surface area contributed by atoms with Gasteiger partial charge in [0.05, 0.1) is 12.1 Å². The van der Waals surface area contributed by atoms with Gasteiger partial charge in [0, 0.05) is 12.8 Å². The van der Waals surface area contributed by atoms with Gasteiger partial charge in [-0.25, -0.2) is 0 Å². The summed E-state index contributed by atoms with van der Waals surface area (Å²) in [5.74, 6) is 0.815. The number of nitrogens with one attached hydrogen (secondary N) is 1. The van der Waals surface area contributed by atoms with Gasteiger partial charge in [-0.15, -0.1) is 5.10 Å². The van der Waals surface area contributed by atoms with Gasteiger partial charge in [0.25, 0.3) is 0 Å². The molecule has 2 rings (SSSR count). The molecule has 1 fully saturated rings. The van der Waals surface area contributed by atoms with Gasteiger partial charge in [0.1, 0.15) is 5.82 Å². The minimum Gasteiger partial charge on any atom is -0.379 e. The Kier molecular flexibility index (Phi) is 2.14. The molecule has 4 heteroatoms. The van der Waals surface area contributed by atoms with Crippen molar-refractivity contribution in [3.63, 3.8) is 0 Å². The summed E-state index contributed by atoms with van der Waals surface area (Å²) in [6.45, 7) is 3.70. The Morgan fingerprint density at radius 2 is 2.54 bits per heavy atom. The Labute approximate surface area is 77.3 Å². The van der Waals surface area contributed by atoms with Crippen molar-refractivity contribution >= 4 is 5.82 Å². The maximum atomic E-state index is 5.32. The molecule has 1 aromatic heterocycles. The average Bonchev–Trinajstić information content (AvgIpc) is 2.54. The highest BCUT2D eigenvalue weighted by atomic mass is 16.5. The average molecular weight is 179 g/mol. The highest BCUT2D eigenvalue weighted by Gasteiger charge is 2.29. The van der Waals surface area contributed by atoms with E-state index < -0.39 is 0 Å². The zero-order valence-electron chi connectivity index (χ0n) is 7.66. The zero-order chi connectivity index (χ0) is 9.15. The van der Waals surface area contributed by atoms with Crippen LogP contribution in [0.4, 0.5) is 5.82 Å². The molecule has 0 aromatic carbocycles. The molecule has 0 saturated carbocycles. The second-order valence-corrected chi connectivity index (χ2v) is 3.60. The van der Waals surface area contributed by atoms with Crippen molar-refractivity contribution in [2.45, 2.75) is 18.9 Å². The standard InChI is InChI=1S/C9H13N3O/c1-9(4-6-13-7-9)11-8-3-2-5-10-12-8/h2-3,5H,4,6-7H2,1H3,(H,11,12). The Morgan fingerprint density at radius 3 is 3.15 bits per heavy atom. The highest BCUT2D eigenvalue weighted by molar-refractivity contribution is 5.35. The van der Waals surface area contributed by atoms with E-state index in [2.05, 4.69) is 22.4 Å². The quantitative estimate of drug-likeness (QED) is 0.737. The summed E-state index contributed by atoms with van der Waals surface area (Å²) in [7, 11) is 0. The molecule has 0 spiro atoms. The number of nitrogens with zero attached hydrogens (tertiary/aromatic N) is 2. The third kappa shape index (κ3) is 1.95. The lowest BCUT2D eigenvalue weighted by Gasteiger charge is -2.23. The van der Waals surface area contributed by atoms with E-state index in [4.69, 9.17) is 4.74 Å². The summed E-state index contributed by atoms with van der Waals surface area (Å²) in [4.78, 5) is 0. The summed E-state index contributed by atoms with van der Waals surface area (Å²) >= 11 is 0. The van der Waals surface area contributed by atoms with Crippen LogP contribution in [0.1, 0.15) is 13.3 Å². The van der Waals surface area contributed by atoms with E-state index >= 15 is 0 Å². The molecule has 1 unspecified atom stereocenters. The van der Waals surface area contributed by atoms with Crippen molar-refractivity contribution in [1.82, 2.24) is 10.2 Å². The summed E-state index contributed by atoms with van der Waals surface area (Å²) in [6.07, 6.45) is 2.68.